The van der Waals surface area contributed by atoms with Crippen molar-refractivity contribution >= 4 is 17.9 Å². The molecule has 0 fully saturated rings. The molecule has 0 spiro atoms. The van der Waals surface area contributed by atoms with Gasteiger partial charge in [-0.3, -0.25) is 9.59 Å². The van der Waals surface area contributed by atoms with Gasteiger partial charge in [-0.15, -0.1) is 0 Å². The van der Waals surface area contributed by atoms with Gasteiger partial charge in [-0.05, 0) is 6.42 Å². The summed E-state index contributed by atoms with van der Waals surface area (Å²) < 4.78 is 14.3. The molecule has 166 valence electrons. The van der Waals surface area contributed by atoms with Gasteiger partial charge in [0.05, 0.1) is 14.2 Å². The summed E-state index contributed by atoms with van der Waals surface area (Å²) in [4.78, 5) is 36.0. The van der Waals surface area contributed by atoms with E-state index in [1.54, 1.807) is 0 Å². The van der Waals surface area contributed by atoms with E-state index in [2.05, 4.69) is 6.92 Å². The molecule has 1 heterocycles. The Hall–Kier alpha value is -1.89. The summed E-state index contributed by atoms with van der Waals surface area (Å²) >= 11 is 0. The number of ether oxygens (including phenoxy) is 3. The SMILES string of the molecule is CCCCCCCCCCCCC(C1=CC(=O)OC1O)C(C(=O)OC)C(=O)OC. The van der Waals surface area contributed by atoms with E-state index in [9.17, 15) is 19.5 Å². The van der Waals surface area contributed by atoms with Gasteiger partial charge in [-0.25, -0.2) is 4.79 Å². The second-order valence-electron chi connectivity index (χ2n) is 7.53. The first-order valence-electron chi connectivity index (χ1n) is 10.7. The summed E-state index contributed by atoms with van der Waals surface area (Å²) in [5.41, 5.74) is 0.228. The van der Waals surface area contributed by atoms with Crippen molar-refractivity contribution in [3.8, 4) is 0 Å². The van der Waals surface area contributed by atoms with Crippen LogP contribution in [0.15, 0.2) is 11.6 Å². The minimum atomic E-state index is -1.45. The lowest BCUT2D eigenvalue weighted by atomic mass is 9.81. The molecule has 7 heteroatoms. The number of hydrogen-bond acceptors (Lipinski definition) is 7. The van der Waals surface area contributed by atoms with Crippen molar-refractivity contribution in [3.05, 3.63) is 11.6 Å². The molecular weight excluding hydrogens is 376 g/mol. The fourth-order valence-corrected chi connectivity index (χ4v) is 3.77. The van der Waals surface area contributed by atoms with Crippen LogP contribution in [0.25, 0.3) is 0 Å². The summed E-state index contributed by atoms with van der Waals surface area (Å²) in [6.07, 6.45) is 11.7. The quantitative estimate of drug-likeness (QED) is 0.190. The molecule has 0 aromatic carbocycles. The molecule has 7 nitrogen and oxygen atoms in total. The number of rotatable bonds is 15. The number of aliphatic hydroxyl groups is 1. The Morgan fingerprint density at radius 2 is 1.45 bits per heavy atom. The maximum absolute atomic E-state index is 12.2. The van der Waals surface area contributed by atoms with E-state index in [1.807, 2.05) is 0 Å². The first-order valence-corrected chi connectivity index (χ1v) is 10.7. The molecule has 1 N–H and O–H groups in total. The lowest BCUT2D eigenvalue weighted by Gasteiger charge is -2.25. The predicted molar refractivity (Wildman–Crippen MR) is 108 cm³/mol. The Bertz CT molecular complexity index is 539. The number of carbonyl (C=O) groups is 3. The second-order valence-corrected chi connectivity index (χ2v) is 7.53. The third-order valence-electron chi connectivity index (χ3n) is 5.41. The number of methoxy groups -OCH3 is 2. The number of unbranched alkanes of at least 4 members (excludes halogenated alkanes) is 9. The molecule has 1 rings (SSSR count). The van der Waals surface area contributed by atoms with E-state index in [-0.39, 0.29) is 5.57 Å². The van der Waals surface area contributed by atoms with Crippen molar-refractivity contribution in [1.29, 1.82) is 0 Å². The monoisotopic (exact) mass is 412 g/mol. The molecule has 1 aliphatic rings. The van der Waals surface area contributed by atoms with Gasteiger partial charge in [0.25, 0.3) is 0 Å². The summed E-state index contributed by atoms with van der Waals surface area (Å²) in [6, 6.07) is 0. The first kappa shape index (κ1) is 25.1. The fourth-order valence-electron chi connectivity index (χ4n) is 3.77. The largest absolute Gasteiger partial charge is 0.468 e. The van der Waals surface area contributed by atoms with Gasteiger partial charge in [0, 0.05) is 17.6 Å². The molecule has 0 saturated carbocycles. The van der Waals surface area contributed by atoms with Crippen molar-refractivity contribution in [2.75, 3.05) is 14.2 Å². The van der Waals surface area contributed by atoms with Crippen LogP contribution in [0.1, 0.15) is 77.6 Å². The minimum Gasteiger partial charge on any atom is -0.468 e. The zero-order valence-electron chi connectivity index (χ0n) is 18.0. The first-order chi connectivity index (χ1) is 14.0. The topological polar surface area (TPSA) is 99.1 Å². The van der Waals surface area contributed by atoms with Crippen molar-refractivity contribution in [3.63, 3.8) is 0 Å². The maximum atomic E-state index is 12.2. The Kier molecular flexibility index (Phi) is 12.3. The van der Waals surface area contributed by atoms with E-state index in [0.717, 1.165) is 31.8 Å². The number of carbonyl (C=O) groups excluding carboxylic acids is 3. The highest BCUT2D eigenvalue weighted by Crippen LogP contribution is 2.34. The van der Waals surface area contributed by atoms with Crippen molar-refractivity contribution in [1.82, 2.24) is 0 Å². The van der Waals surface area contributed by atoms with Gasteiger partial charge in [-0.1, -0.05) is 71.1 Å². The molecule has 29 heavy (non-hydrogen) atoms. The predicted octanol–water partition coefficient (Wildman–Crippen LogP) is 3.68. The van der Waals surface area contributed by atoms with Crippen LogP contribution in [-0.2, 0) is 28.6 Å². The van der Waals surface area contributed by atoms with Gasteiger partial charge in [-0.2, -0.15) is 0 Å². The summed E-state index contributed by atoms with van der Waals surface area (Å²) in [5.74, 6) is -4.12. The maximum Gasteiger partial charge on any atom is 0.333 e. The lowest BCUT2D eigenvalue weighted by Crippen LogP contribution is -2.36. The van der Waals surface area contributed by atoms with E-state index >= 15 is 0 Å². The van der Waals surface area contributed by atoms with Crippen LogP contribution in [-0.4, -0.2) is 43.5 Å². The summed E-state index contributed by atoms with van der Waals surface area (Å²) in [7, 11) is 2.38. The Morgan fingerprint density at radius 1 is 0.966 bits per heavy atom. The van der Waals surface area contributed by atoms with Crippen LogP contribution >= 0.6 is 0 Å². The molecule has 0 aromatic rings. The van der Waals surface area contributed by atoms with Crippen LogP contribution in [0, 0.1) is 11.8 Å². The molecule has 0 aromatic heterocycles. The van der Waals surface area contributed by atoms with Gasteiger partial charge < -0.3 is 19.3 Å². The fraction of sp³-hybridized carbons (Fsp3) is 0.773. The summed E-state index contributed by atoms with van der Waals surface area (Å²) in [5, 5.41) is 10.0. The highest BCUT2D eigenvalue weighted by molar-refractivity contribution is 5.96. The average molecular weight is 413 g/mol. The molecule has 2 unspecified atom stereocenters. The summed E-state index contributed by atoms with van der Waals surface area (Å²) in [6.45, 7) is 2.21. The zero-order valence-corrected chi connectivity index (χ0v) is 18.0. The number of cyclic esters (lactones) is 1. The van der Waals surface area contributed by atoms with Gasteiger partial charge in [0.2, 0.25) is 6.29 Å². The molecular formula is C22H36O7. The van der Waals surface area contributed by atoms with Crippen molar-refractivity contribution < 1.29 is 33.7 Å². The van der Waals surface area contributed by atoms with E-state index in [4.69, 9.17) is 14.2 Å². The van der Waals surface area contributed by atoms with E-state index in [1.165, 1.54) is 52.7 Å². The Morgan fingerprint density at radius 3 is 1.86 bits per heavy atom. The average Bonchev–Trinajstić information content (AvgIpc) is 3.05. The Labute approximate surface area is 173 Å². The van der Waals surface area contributed by atoms with Gasteiger partial charge >= 0.3 is 17.9 Å². The van der Waals surface area contributed by atoms with Crippen LogP contribution < -0.4 is 0 Å². The highest BCUT2D eigenvalue weighted by Gasteiger charge is 2.43. The number of aliphatic hydroxyl groups excluding tert-OH is 1. The normalized spacial score (nSPS) is 17.1. The Balaban J connectivity index is 2.60. The van der Waals surface area contributed by atoms with Crippen molar-refractivity contribution in [2.24, 2.45) is 11.8 Å². The molecule has 0 bridgehead atoms. The van der Waals surface area contributed by atoms with E-state index < -0.39 is 36.0 Å². The van der Waals surface area contributed by atoms with Crippen molar-refractivity contribution in [2.45, 2.75) is 83.8 Å². The second kappa shape index (κ2) is 14.1. The third kappa shape index (κ3) is 8.56. The standard InChI is InChI=1S/C22H36O7/c1-4-5-6-7-8-9-10-11-12-13-14-16(17-15-18(23)29-20(17)24)19(21(25)27-2)22(26)28-3/h15-16,19-20,24H,4-14H2,1-3H3. The number of esters is 3. The number of hydrogen-bond donors (Lipinski definition) is 1. The lowest BCUT2D eigenvalue weighted by molar-refractivity contribution is -0.161. The molecule has 0 radical (unpaired) electrons. The van der Waals surface area contributed by atoms with Crippen LogP contribution in [0.3, 0.4) is 0 Å². The smallest absolute Gasteiger partial charge is 0.333 e. The molecule has 0 amide bonds. The third-order valence-corrected chi connectivity index (χ3v) is 5.41. The van der Waals surface area contributed by atoms with E-state index in [0.29, 0.717) is 6.42 Å². The van der Waals surface area contributed by atoms with Crippen LogP contribution in [0.2, 0.25) is 0 Å². The zero-order chi connectivity index (χ0) is 21.6. The molecule has 0 aliphatic carbocycles. The molecule has 2 atom stereocenters. The highest BCUT2D eigenvalue weighted by atomic mass is 16.6. The van der Waals surface area contributed by atoms with Gasteiger partial charge in [0.1, 0.15) is 0 Å². The minimum absolute atomic E-state index is 0.228. The molecule has 0 saturated heterocycles. The van der Waals surface area contributed by atoms with Crippen LogP contribution in [0.4, 0.5) is 0 Å². The molecule has 1 aliphatic heterocycles. The van der Waals surface area contributed by atoms with Gasteiger partial charge in [0.15, 0.2) is 5.92 Å². The van der Waals surface area contributed by atoms with Crippen LogP contribution in [0.5, 0.6) is 0 Å².